The molecule has 1 N–H and O–H groups in total. The Hall–Kier alpha value is -2.06. The van der Waals surface area contributed by atoms with E-state index in [1.165, 1.54) is 5.56 Å². The lowest BCUT2D eigenvalue weighted by atomic mass is 10.0. The lowest BCUT2D eigenvalue weighted by Gasteiger charge is -2.07. The van der Waals surface area contributed by atoms with Crippen LogP contribution in [0.2, 0.25) is 0 Å². The van der Waals surface area contributed by atoms with Gasteiger partial charge in [0.2, 0.25) is 0 Å². The fourth-order valence-electron chi connectivity index (χ4n) is 2.44. The summed E-state index contributed by atoms with van der Waals surface area (Å²) < 4.78 is 5.81. The molecule has 102 valence electrons. The van der Waals surface area contributed by atoms with Crippen molar-refractivity contribution in [3.8, 4) is 0 Å². The smallest absolute Gasteiger partial charge is 0.137 e. The van der Waals surface area contributed by atoms with E-state index in [1.807, 2.05) is 43.3 Å². The maximum atomic E-state index is 10.3. The second-order valence-electron chi connectivity index (χ2n) is 5.35. The quantitative estimate of drug-likeness (QED) is 0.765. The van der Waals surface area contributed by atoms with Crippen molar-refractivity contribution in [3.05, 3.63) is 71.0 Å². The average molecular weight is 266 g/mol. The van der Waals surface area contributed by atoms with E-state index >= 15 is 0 Å². The minimum Gasteiger partial charge on any atom is -0.458 e. The van der Waals surface area contributed by atoms with Gasteiger partial charge in [0.05, 0.1) is 0 Å². The molecule has 0 bridgehead atoms. The zero-order valence-corrected chi connectivity index (χ0v) is 11.8. The van der Waals surface area contributed by atoms with Crippen LogP contribution in [-0.2, 0) is 6.42 Å². The van der Waals surface area contributed by atoms with Crippen molar-refractivity contribution in [2.45, 2.75) is 26.4 Å². The first-order chi connectivity index (χ1) is 9.63. The van der Waals surface area contributed by atoms with Crippen LogP contribution in [0.15, 0.2) is 52.9 Å². The number of aliphatic hydroxyl groups is 1. The number of aryl methyl sites for hydroxylation is 2. The van der Waals surface area contributed by atoms with E-state index in [1.54, 1.807) is 0 Å². The summed E-state index contributed by atoms with van der Waals surface area (Å²) in [7, 11) is 0. The highest BCUT2D eigenvalue weighted by molar-refractivity contribution is 5.80. The van der Waals surface area contributed by atoms with Crippen molar-refractivity contribution < 1.29 is 9.52 Å². The van der Waals surface area contributed by atoms with Crippen molar-refractivity contribution in [2.75, 3.05) is 0 Å². The van der Waals surface area contributed by atoms with E-state index < -0.39 is 6.10 Å². The van der Waals surface area contributed by atoms with Gasteiger partial charge in [-0.3, -0.25) is 0 Å². The third-order valence-corrected chi connectivity index (χ3v) is 3.64. The fourth-order valence-corrected chi connectivity index (χ4v) is 2.44. The molecule has 1 heterocycles. The van der Waals surface area contributed by atoms with Crippen LogP contribution in [-0.4, -0.2) is 5.11 Å². The van der Waals surface area contributed by atoms with Gasteiger partial charge in [0.1, 0.15) is 17.4 Å². The molecule has 0 amide bonds. The monoisotopic (exact) mass is 266 g/mol. The molecule has 0 aliphatic carbocycles. The highest BCUT2D eigenvalue weighted by atomic mass is 16.4. The summed E-state index contributed by atoms with van der Waals surface area (Å²) in [6.07, 6.45) is -0.0383. The molecule has 3 aromatic rings. The number of benzene rings is 2. The van der Waals surface area contributed by atoms with Crippen molar-refractivity contribution in [1.82, 2.24) is 0 Å². The van der Waals surface area contributed by atoms with E-state index in [-0.39, 0.29) is 0 Å². The first-order valence-corrected chi connectivity index (χ1v) is 6.86. The van der Waals surface area contributed by atoms with Gasteiger partial charge in [-0.25, -0.2) is 0 Å². The van der Waals surface area contributed by atoms with Crippen LogP contribution in [0.5, 0.6) is 0 Å². The van der Waals surface area contributed by atoms with Gasteiger partial charge < -0.3 is 9.52 Å². The minimum atomic E-state index is -0.607. The number of furan rings is 1. The summed E-state index contributed by atoms with van der Waals surface area (Å²) >= 11 is 0. The summed E-state index contributed by atoms with van der Waals surface area (Å²) in [5, 5.41) is 11.4. The molecule has 0 saturated heterocycles. The third-order valence-electron chi connectivity index (χ3n) is 3.64. The van der Waals surface area contributed by atoms with Crippen LogP contribution in [0.3, 0.4) is 0 Å². The summed E-state index contributed by atoms with van der Waals surface area (Å²) in [4.78, 5) is 0. The number of hydrogen-bond acceptors (Lipinski definition) is 2. The molecular weight excluding hydrogens is 248 g/mol. The normalized spacial score (nSPS) is 12.8. The van der Waals surface area contributed by atoms with Gasteiger partial charge in [0.15, 0.2) is 0 Å². The molecule has 2 aromatic carbocycles. The Labute approximate surface area is 118 Å². The molecule has 3 rings (SSSR count). The fraction of sp³-hybridized carbons (Fsp3) is 0.222. The minimum absolute atomic E-state index is 0.569. The SMILES string of the molecule is Cc1ccc(CC(O)c2cc3cccc(C)c3o2)cc1. The Bertz CT molecular complexity index is 723. The van der Waals surface area contributed by atoms with E-state index in [0.717, 1.165) is 22.1 Å². The topological polar surface area (TPSA) is 33.4 Å². The molecule has 0 radical (unpaired) electrons. The molecule has 2 nitrogen and oxygen atoms in total. The lowest BCUT2D eigenvalue weighted by molar-refractivity contribution is 0.152. The first kappa shape index (κ1) is 12.9. The first-order valence-electron chi connectivity index (χ1n) is 6.86. The summed E-state index contributed by atoms with van der Waals surface area (Å²) in [6, 6.07) is 16.2. The second kappa shape index (κ2) is 5.14. The Morgan fingerprint density at radius 2 is 1.80 bits per heavy atom. The highest BCUT2D eigenvalue weighted by Gasteiger charge is 2.14. The van der Waals surface area contributed by atoms with Crippen LogP contribution in [0.1, 0.15) is 28.6 Å². The molecule has 20 heavy (non-hydrogen) atoms. The van der Waals surface area contributed by atoms with E-state index in [0.29, 0.717) is 12.2 Å². The number of fused-ring (bicyclic) bond motifs is 1. The maximum absolute atomic E-state index is 10.3. The van der Waals surface area contributed by atoms with Crippen LogP contribution >= 0.6 is 0 Å². The van der Waals surface area contributed by atoms with Gasteiger partial charge >= 0.3 is 0 Å². The number of hydrogen-bond donors (Lipinski definition) is 1. The summed E-state index contributed by atoms with van der Waals surface area (Å²) in [5.74, 6) is 0.634. The zero-order valence-electron chi connectivity index (χ0n) is 11.8. The standard InChI is InChI=1S/C18H18O2/c1-12-6-8-14(9-7-12)10-16(19)17-11-15-5-3-4-13(2)18(15)20-17/h3-9,11,16,19H,10H2,1-2H3. The summed E-state index contributed by atoms with van der Waals surface area (Å²) in [6.45, 7) is 4.07. The Morgan fingerprint density at radius 3 is 2.50 bits per heavy atom. The van der Waals surface area contributed by atoms with Gasteiger partial charge in [-0.1, -0.05) is 48.0 Å². The Balaban J connectivity index is 1.86. The highest BCUT2D eigenvalue weighted by Crippen LogP contribution is 2.28. The van der Waals surface area contributed by atoms with Gasteiger partial charge in [-0.2, -0.15) is 0 Å². The molecule has 1 unspecified atom stereocenters. The van der Waals surface area contributed by atoms with Gasteiger partial charge in [0, 0.05) is 11.8 Å². The average Bonchev–Trinajstić information content (AvgIpc) is 2.87. The summed E-state index contributed by atoms with van der Waals surface area (Å²) in [5.41, 5.74) is 4.30. The molecule has 1 atom stereocenters. The lowest BCUT2D eigenvalue weighted by Crippen LogP contribution is -2.00. The molecule has 2 heteroatoms. The molecule has 0 aliphatic heterocycles. The van der Waals surface area contributed by atoms with Crippen molar-refractivity contribution in [1.29, 1.82) is 0 Å². The molecule has 0 aliphatic rings. The zero-order chi connectivity index (χ0) is 14.1. The molecule has 1 aromatic heterocycles. The van der Waals surface area contributed by atoms with Crippen LogP contribution < -0.4 is 0 Å². The molecule has 0 saturated carbocycles. The van der Waals surface area contributed by atoms with Gasteiger partial charge in [-0.15, -0.1) is 0 Å². The van der Waals surface area contributed by atoms with Crippen LogP contribution in [0.25, 0.3) is 11.0 Å². The predicted molar refractivity (Wildman–Crippen MR) is 80.8 cm³/mol. The van der Waals surface area contributed by atoms with Gasteiger partial charge in [-0.05, 0) is 31.0 Å². The molecule has 0 spiro atoms. The van der Waals surface area contributed by atoms with Crippen molar-refractivity contribution in [2.24, 2.45) is 0 Å². The van der Waals surface area contributed by atoms with Crippen LogP contribution in [0, 0.1) is 13.8 Å². The van der Waals surface area contributed by atoms with Crippen LogP contribution in [0.4, 0.5) is 0 Å². The second-order valence-corrected chi connectivity index (χ2v) is 5.35. The third kappa shape index (κ3) is 2.47. The largest absolute Gasteiger partial charge is 0.458 e. The number of aliphatic hydroxyl groups excluding tert-OH is 1. The molecular formula is C18H18O2. The van der Waals surface area contributed by atoms with Gasteiger partial charge in [0.25, 0.3) is 0 Å². The number of para-hydroxylation sites is 1. The van der Waals surface area contributed by atoms with E-state index in [2.05, 4.69) is 19.1 Å². The maximum Gasteiger partial charge on any atom is 0.137 e. The Morgan fingerprint density at radius 1 is 1.05 bits per heavy atom. The number of rotatable bonds is 3. The predicted octanol–water partition coefficient (Wildman–Crippen LogP) is 4.33. The molecule has 0 fully saturated rings. The van der Waals surface area contributed by atoms with E-state index in [4.69, 9.17) is 4.42 Å². The Kier molecular flexibility index (Phi) is 3.33. The van der Waals surface area contributed by atoms with Crippen molar-refractivity contribution in [3.63, 3.8) is 0 Å². The van der Waals surface area contributed by atoms with E-state index in [9.17, 15) is 5.11 Å². The van der Waals surface area contributed by atoms with Crippen molar-refractivity contribution >= 4 is 11.0 Å².